The number of halogens is 1. The molecule has 0 saturated heterocycles. The molecule has 2 N–H and O–H groups in total. The molecule has 1 aromatic heterocycles. The first-order valence-electron chi connectivity index (χ1n) is 7.63. The maximum Gasteiger partial charge on any atom is 0.414 e. The highest BCUT2D eigenvalue weighted by Gasteiger charge is 2.37. The van der Waals surface area contributed by atoms with Crippen LogP contribution >= 0.6 is 11.6 Å². The minimum atomic E-state index is -0.577. The lowest BCUT2D eigenvalue weighted by Crippen LogP contribution is -2.36. The Morgan fingerprint density at radius 3 is 2.83 bits per heavy atom. The molecule has 1 aliphatic heterocycles. The summed E-state index contributed by atoms with van der Waals surface area (Å²) in [6.07, 6.45) is 1.44. The molecule has 1 atom stereocenters. The van der Waals surface area contributed by atoms with Crippen molar-refractivity contribution in [3.8, 4) is 5.75 Å². The summed E-state index contributed by atoms with van der Waals surface area (Å²) in [5.41, 5.74) is 2.80. The lowest BCUT2D eigenvalue weighted by atomic mass is 9.97. The summed E-state index contributed by atoms with van der Waals surface area (Å²) in [6, 6.07) is 1.62. The van der Waals surface area contributed by atoms with Crippen LogP contribution in [0.5, 0.6) is 5.75 Å². The number of carbonyl (C=O) groups excluding carboxylic acids is 1. The molecule has 2 aromatic rings. The number of aromatic amines is 1. The van der Waals surface area contributed by atoms with E-state index in [1.165, 1.54) is 0 Å². The van der Waals surface area contributed by atoms with Gasteiger partial charge < -0.3 is 14.8 Å². The number of phenolic OH excluding ortho intramolecular Hbond substituents is 1. The number of carbonyl (C=O) groups is 1. The van der Waals surface area contributed by atoms with Gasteiger partial charge in [-0.3, -0.25) is 4.90 Å². The fraction of sp³-hybridized carbons (Fsp3) is 0.471. The normalized spacial score (nSPS) is 17.6. The zero-order valence-electron chi connectivity index (χ0n) is 13.7. The van der Waals surface area contributed by atoms with Crippen LogP contribution in [0.3, 0.4) is 0 Å². The molecule has 3 rings (SSSR count). The monoisotopic (exact) mass is 336 g/mol. The van der Waals surface area contributed by atoms with Crippen molar-refractivity contribution in [2.75, 3.05) is 17.3 Å². The third-order valence-electron chi connectivity index (χ3n) is 4.05. The van der Waals surface area contributed by atoms with E-state index in [2.05, 4.69) is 4.98 Å². The van der Waals surface area contributed by atoms with Gasteiger partial charge in [-0.1, -0.05) is 0 Å². The van der Waals surface area contributed by atoms with Crippen LogP contribution in [0.15, 0.2) is 12.3 Å². The van der Waals surface area contributed by atoms with E-state index in [1.54, 1.807) is 11.0 Å². The van der Waals surface area contributed by atoms with Gasteiger partial charge in [-0.05, 0) is 38.8 Å². The molecule has 1 aliphatic rings. The Balaban J connectivity index is 2.14. The maximum absolute atomic E-state index is 12.5. The number of aromatic hydroxyl groups is 1. The van der Waals surface area contributed by atoms with E-state index in [-0.39, 0.29) is 11.7 Å². The molecule has 0 unspecified atom stereocenters. The molecule has 2 heterocycles. The number of hydrogen-bond acceptors (Lipinski definition) is 3. The van der Waals surface area contributed by atoms with Gasteiger partial charge in [0.1, 0.15) is 11.4 Å². The van der Waals surface area contributed by atoms with Crippen LogP contribution in [0.4, 0.5) is 10.5 Å². The topological polar surface area (TPSA) is 65.6 Å². The van der Waals surface area contributed by atoms with Gasteiger partial charge in [-0.25, -0.2) is 4.79 Å². The number of H-pyrrole nitrogens is 1. The number of hydrogen-bond donors (Lipinski definition) is 2. The molecule has 1 aromatic carbocycles. The van der Waals surface area contributed by atoms with Crippen LogP contribution in [-0.2, 0) is 4.74 Å². The van der Waals surface area contributed by atoms with Crippen LogP contribution in [0.1, 0.15) is 37.8 Å². The fourth-order valence-electron chi connectivity index (χ4n) is 3.14. The molecule has 23 heavy (non-hydrogen) atoms. The van der Waals surface area contributed by atoms with Crippen LogP contribution in [0, 0.1) is 6.92 Å². The quantitative estimate of drug-likeness (QED) is 0.765. The van der Waals surface area contributed by atoms with E-state index in [9.17, 15) is 9.90 Å². The van der Waals surface area contributed by atoms with Gasteiger partial charge in [0.25, 0.3) is 0 Å². The summed E-state index contributed by atoms with van der Waals surface area (Å²) in [7, 11) is 0. The minimum Gasteiger partial charge on any atom is -0.506 e. The fourth-order valence-corrected chi connectivity index (χ4v) is 3.39. The van der Waals surface area contributed by atoms with Crippen molar-refractivity contribution in [1.82, 2.24) is 4.98 Å². The number of fused-ring (bicyclic) bond motifs is 3. The van der Waals surface area contributed by atoms with Crippen LogP contribution in [-0.4, -0.2) is 34.2 Å². The van der Waals surface area contributed by atoms with Gasteiger partial charge >= 0.3 is 6.09 Å². The Morgan fingerprint density at radius 2 is 2.22 bits per heavy atom. The van der Waals surface area contributed by atoms with E-state index < -0.39 is 11.7 Å². The molecule has 0 saturated carbocycles. The first kappa shape index (κ1) is 16.0. The van der Waals surface area contributed by atoms with E-state index >= 15 is 0 Å². The number of aryl methyl sites for hydroxylation is 1. The summed E-state index contributed by atoms with van der Waals surface area (Å²) >= 11 is 6.15. The molecule has 1 amide bonds. The van der Waals surface area contributed by atoms with Gasteiger partial charge in [0, 0.05) is 36.0 Å². The zero-order chi connectivity index (χ0) is 16.9. The summed E-state index contributed by atoms with van der Waals surface area (Å²) in [4.78, 5) is 17.2. The number of anilines is 1. The van der Waals surface area contributed by atoms with Crippen molar-refractivity contribution < 1.29 is 14.6 Å². The van der Waals surface area contributed by atoms with Gasteiger partial charge in [0.05, 0.1) is 11.2 Å². The smallest absolute Gasteiger partial charge is 0.414 e. The second kappa shape index (κ2) is 5.34. The number of ether oxygens (including phenoxy) is 1. The average molecular weight is 337 g/mol. The van der Waals surface area contributed by atoms with E-state index in [1.807, 2.05) is 33.9 Å². The van der Waals surface area contributed by atoms with Gasteiger partial charge in [-0.2, -0.15) is 0 Å². The predicted octanol–water partition coefficient (Wildman–Crippen LogP) is 4.26. The van der Waals surface area contributed by atoms with Crippen molar-refractivity contribution in [3.63, 3.8) is 0 Å². The van der Waals surface area contributed by atoms with Crippen molar-refractivity contribution in [2.45, 2.75) is 39.2 Å². The summed E-state index contributed by atoms with van der Waals surface area (Å²) in [6.45, 7) is 7.92. The highest BCUT2D eigenvalue weighted by molar-refractivity contribution is 6.19. The molecule has 0 aliphatic carbocycles. The molecule has 0 bridgehead atoms. The number of rotatable bonds is 1. The molecular formula is C17H21ClN2O3. The average Bonchev–Trinajstić information content (AvgIpc) is 2.98. The Kier molecular flexibility index (Phi) is 3.71. The van der Waals surface area contributed by atoms with E-state index in [0.717, 1.165) is 16.5 Å². The number of benzene rings is 1. The number of nitrogens with one attached hydrogen (secondary N) is 1. The lowest BCUT2D eigenvalue weighted by Gasteiger charge is -2.25. The van der Waals surface area contributed by atoms with Crippen molar-refractivity contribution >= 4 is 34.3 Å². The number of alkyl halides is 1. The number of aromatic nitrogens is 1. The Labute approximate surface area is 140 Å². The molecular weight excluding hydrogens is 316 g/mol. The third kappa shape index (κ3) is 2.63. The second-order valence-corrected chi connectivity index (χ2v) is 7.30. The van der Waals surface area contributed by atoms with Crippen LogP contribution in [0.25, 0.3) is 10.9 Å². The number of phenols is 1. The Bertz CT molecular complexity index is 776. The van der Waals surface area contributed by atoms with E-state index in [4.69, 9.17) is 16.3 Å². The van der Waals surface area contributed by atoms with Crippen LogP contribution < -0.4 is 4.90 Å². The molecule has 0 radical (unpaired) electrons. The SMILES string of the molecule is Cc1c[nH]c2c(O)cc3c(c12)[C@H](CCl)CN3C(=O)OC(C)(C)C. The number of amides is 1. The zero-order valence-corrected chi connectivity index (χ0v) is 14.5. The highest BCUT2D eigenvalue weighted by Crippen LogP contribution is 2.46. The Hall–Kier alpha value is -1.88. The Morgan fingerprint density at radius 1 is 1.52 bits per heavy atom. The first-order valence-corrected chi connectivity index (χ1v) is 8.16. The van der Waals surface area contributed by atoms with Gasteiger partial charge in [-0.15, -0.1) is 11.6 Å². The molecule has 0 fully saturated rings. The van der Waals surface area contributed by atoms with Gasteiger partial charge in [0.15, 0.2) is 0 Å². The summed E-state index contributed by atoms with van der Waals surface area (Å²) < 4.78 is 5.49. The molecule has 6 heteroatoms. The van der Waals surface area contributed by atoms with Crippen molar-refractivity contribution in [3.05, 3.63) is 23.4 Å². The molecule has 0 spiro atoms. The number of nitrogens with zero attached hydrogens (tertiary/aromatic N) is 1. The standard InChI is InChI=1S/C17H21ClN2O3/c1-9-7-19-15-12(21)5-11-14(13(9)15)10(6-18)8-20(11)16(22)23-17(2,3)4/h5,7,10,19,21H,6,8H2,1-4H3/t10-/m1/s1. The lowest BCUT2D eigenvalue weighted by molar-refractivity contribution is 0.0582. The van der Waals surface area contributed by atoms with Crippen molar-refractivity contribution in [1.29, 1.82) is 0 Å². The highest BCUT2D eigenvalue weighted by atomic mass is 35.5. The van der Waals surface area contributed by atoms with Gasteiger partial charge in [0.2, 0.25) is 0 Å². The molecule has 124 valence electrons. The maximum atomic E-state index is 12.5. The first-order chi connectivity index (χ1) is 10.7. The predicted molar refractivity (Wildman–Crippen MR) is 91.7 cm³/mol. The van der Waals surface area contributed by atoms with E-state index in [0.29, 0.717) is 23.6 Å². The molecule has 5 nitrogen and oxygen atoms in total. The summed E-state index contributed by atoms with van der Waals surface area (Å²) in [5.74, 6) is 0.531. The van der Waals surface area contributed by atoms with Crippen molar-refractivity contribution in [2.24, 2.45) is 0 Å². The third-order valence-corrected chi connectivity index (χ3v) is 4.43. The summed E-state index contributed by atoms with van der Waals surface area (Å²) in [5, 5.41) is 11.2. The second-order valence-electron chi connectivity index (χ2n) is 6.99. The minimum absolute atomic E-state index is 0.0109. The van der Waals surface area contributed by atoms with Crippen LogP contribution in [0.2, 0.25) is 0 Å². The largest absolute Gasteiger partial charge is 0.506 e.